The fraction of sp³-hybridized carbons (Fsp3) is 0.529. The number of likely N-dealkylation sites (N-methyl/N-ethyl adjacent to an activating group) is 2. The van der Waals surface area contributed by atoms with Crippen LogP contribution in [0, 0.1) is 13.8 Å². The van der Waals surface area contributed by atoms with Gasteiger partial charge in [-0.2, -0.15) is 0 Å². The van der Waals surface area contributed by atoms with Gasteiger partial charge in [-0.25, -0.2) is 0 Å². The van der Waals surface area contributed by atoms with Gasteiger partial charge in [0.15, 0.2) is 5.78 Å². The molecule has 0 bridgehead atoms. The smallest absolute Gasteiger partial charge is 0.234 e. The number of hydrogen-bond donors (Lipinski definition) is 1. The van der Waals surface area contributed by atoms with Crippen molar-refractivity contribution in [2.75, 3.05) is 19.6 Å². The molecule has 0 saturated carbocycles. The topological polar surface area (TPSA) is 49.4 Å². The Kier molecular flexibility index (Phi) is 6.56. The number of benzene rings is 1. The van der Waals surface area contributed by atoms with Gasteiger partial charge in [0.2, 0.25) is 5.91 Å². The largest absolute Gasteiger partial charge is 0.355 e. The summed E-state index contributed by atoms with van der Waals surface area (Å²) in [7, 11) is 0. The van der Waals surface area contributed by atoms with Gasteiger partial charge in [-0.3, -0.25) is 14.5 Å². The maximum atomic E-state index is 12.6. The highest BCUT2D eigenvalue weighted by atomic mass is 16.2. The van der Waals surface area contributed by atoms with Crippen LogP contribution in [-0.4, -0.2) is 42.3 Å². The van der Waals surface area contributed by atoms with E-state index in [1.165, 1.54) is 5.56 Å². The zero-order chi connectivity index (χ0) is 16.0. The SMILES string of the molecule is CCNC(=O)CN(CC)C(C)C(=O)c1ccc(C)c(C)c1. The minimum atomic E-state index is -0.306. The van der Waals surface area contributed by atoms with Gasteiger partial charge in [-0.15, -0.1) is 0 Å². The second-order valence-electron chi connectivity index (χ2n) is 5.36. The van der Waals surface area contributed by atoms with E-state index in [4.69, 9.17) is 0 Å². The van der Waals surface area contributed by atoms with E-state index in [1.807, 2.05) is 57.7 Å². The summed E-state index contributed by atoms with van der Waals surface area (Å²) in [5, 5.41) is 2.77. The van der Waals surface area contributed by atoms with Crippen LogP contribution in [-0.2, 0) is 4.79 Å². The fourth-order valence-electron chi connectivity index (χ4n) is 2.26. The number of nitrogens with zero attached hydrogens (tertiary/aromatic N) is 1. The van der Waals surface area contributed by atoms with E-state index >= 15 is 0 Å². The molecule has 1 atom stereocenters. The average Bonchev–Trinajstić information content (AvgIpc) is 2.46. The Hall–Kier alpha value is -1.68. The van der Waals surface area contributed by atoms with Crippen molar-refractivity contribution in [1.29, 1.82) is 0 Å². The predicted octanol–water partition coefficient (Wildman–Crippen LogP) is 2.33. The first-order valence-electron chi connectivity index (χ1n) is 7.52. The summed E-state index contributed by atoms with van der Waals surface area (Å²) in [6.07, 6.45) is 0. The Labute approximate surface area is 127 Å². The number of carbonyl (C=O) groups is 2. The predicted molar refractivity (Wildman–Crippen MR) is 85.6 cm³/mol. The van der Waals surface area contributed by atoms with Gasteiger partial charge < -0.3 is 5.32 Å². The van der Waals surface area contributed by atoms with Crippen molar-refractivity contribution >= 4 is 11.7 Å². The number of rotatable bonds is 7. The molecule has 0 aromatic heterocycles. The molecule has 1 unspecified atom stereocenters. The highest BCUT2D eigenvalue weighted by Crippen LogP contribution is 2.14. The average molecular weight is 290 g/mol. The monoisotopic (exact) mass is 290 g/mol. The molecule has 1 rings (SSSR count). The van der Waals surface area contributed by atoms with Crippen molar-refractivity contribution < 1.29 is 9.59 Å². The minimum Gasteiger partial charge on any atom is -0.355 e. The summed E-state index contributed by atoms with van der Waals surface area (Å²) in [5.41, 5.74) is 2.99. The van der Waals surface area contributed by atoms with Crippen LogP contribution in [0.5, 0.6) is 0 Å². The van der Waals surface area contributed by atoms with Crippen LogP contribution in [0.25, 0.3) is 0 Å². The Balaban J connectivity index is 2.83. The first kappa shape index (κ1) is 17.4. The summed E-state index contributed by atoms with van der Waals surface area (Å²) in [4.78, 5) is 26.2. The van der Waals surface area contributed by atoms with E-state index in [0.29, 0.717) is 18.7 Å². The zero-order valence-electron chi connectivity index (χ0n) is 13.7. The van der Waals surface area contributed by atoms with Crippen LogP contribution >= 0.6 is 0 Å². The normalized spacial score (nSPS) is 12.3. The summed E-state index contributed by atoms with van der Waals surface area (Å²) >= 11 is 0. The molecule has 1 aromatic rings. The highest BCUT2D eigenvalue weighted by Gasteiger charge is 2.23. The number of Topliss-reactive ketones (excluding diaryl/α,β-unsaturated/α-hetero) is 1. The van der Waals surface area contributed by atoms with Gasteiger partial charge in [0.05, 0.1) is 12.6 Å². The highest BCUT2D eigenvalue weighted by molar-refractivity contribution is 6.00. The molecule has 1 N–H and O–H groups in total. The third kappa shape index (κ3) is 4.67. The van der Waals surface area contributed by atoms with E-state index in [2.05, 4.69) is 5.32 Å². The Morgan fingerprint density at radius 1 is 1.19 bits per heavy atom. The number of nitrogens with one attached hydrogen (secondary N) is 1. The summed E-state index contributed by atoms with van der Waals surface area (Å²) in [6.45, 7) is 11.3. The van der Waals surface area contributed by atoms with Crippen molar-refractivity contribution in [3.63, 3.8) is 0 Å². The molecule has 0 fully saturated rings. The van der Waals surface area contributed by atoms with Crippen molar-refractivity contribution in [2.24, 2.45) is 0 Å². The first-order chi connectivity index (χ1) is 9.90. The molecule has 0 heterocycles. The number of amides is 1. The lowest BCUT2D eigenvalue weighted by atomic mass is 9.99. The lowest BCUT2D eigenvalue weighted by Crippen LogP contribution is -2.45. The maximum Gasteiger partial charge on any atom is 0.234 e. The van der Waals surface area contributed by atoms with Crippen LogP contribution in [0.4, 0.5) is 0 Å². The van der Waals surface area contributed by atoms with Crippen LogP contribution in [0.2, 0.25) is 0 Å². The molecule has 1 aromatic carbocycles. The lowest BCUT2D eigenvalue weighted by Gasteiger charge is -2.26. The van der Waals surface area contributed by atoms with Crippen LogP contribution < -0.4 is 5.32 Å². The molecule has 116 valence electrons. The maximum absolute atomic E-state index is 12.6. The second kappa shape index (κ2) is 7.93. The van der Waals surface area contributed by atoms with Gasteiger partial charge in [-0.1, -0.05) is 19.1 Å². The Bertz CT molecular complexity index is 512. The van der Waals surface area contributed by atoms with E-state index in [1.54, 1.807) is 0 Å². The number of carbonyl (C=O) groups excluding carboxylic acids is 2. The van der Waals surface area contributed by atoms with E-state index < -0.39 is 0 Å². The summed E-state index contributed by atoms with van der Waals surface area (Å²) in [6, 6.07) is 5.45. The van der Waals surface area contributed by atoms with Crippen LogP contribution in [0.15, 0.2) is 18.2 Å². The lowest BCUT2D eigenvalue weighted by molar-refractivity contribution is -0.122. The zero-order valence-corrected chi connectivity index (χ0v) is 13.7. The number of aryl methyl sites for hydroxylation is 2. The summed E-state index contributed by atoms with van der Waals surface area (Å²) in [5.74, 6) is 0.0170. The van der Waals surface area contributed by atoms with Crippen LogP contribution in [0.1, 0.15) is 42.3 Å². The molecular weight excluding hydrogens is 264 g/mol. The fourth-order valence-corrected chi connectivity index (χ4v) is 2.26. The third-order valence-electron chi connectivity index (χ3n) is 3.85. The van der Waals surface area contributed by atoms with Gasteiger partial charge in [0.25, 0.3) is 0 Å². The van der Waals surface area contributed by atoms with E-state index in [-0.39, 0.29) is 24.3 Å². The molecule has 0 saturated heterocycles. The van der Waals surface area contributed by atoms with E-state index in [0.717, 1.165) is 5.56 Å². The number of ketones is 1. The molecule has 4 heteroatoms. The standard InChI is InChI=1S/C17H26N2O2/c1-6-18-16(20)11-19(7-2)14(5)17(21)15-9-8-12(3)13(4)10-15/h8-10,14H,6-7,11H2,1-5H3,(H,18,20). The molecule has 0 spiro atoms. The molecule has 0 aliphatic carbocycles. The summed E-state index contributed by atoms with van der Waals surface area (Å²) < 4.78 is 0. The number of hydrogen-bond acceptors (Lipinski definition) is 3. The van der Waals surface area contributed by atoms with Gasteiger partial charge in [-0.05, 0) is 51.4 Å². The molecule has 1 amide bonds. The van der Waals surface area contributed by atoms with Gasteiger partial charge in [0, 0.05) is 12.1 Å². The quantitative estimate of drug-likeness (QED) is 0.784. The Morgan fingerprint density at radius 3 is 2.38 bits per heavy atom. The van der Waals surface area contributed by atoms with Gasteiger partial charge >= 0.3 is 0 Å². The van der Waals surface area contributed by atoms with Gasteiger partial charge in [0.1, 0.15) is 0 Å². The van der Waals surface area contributed by atoms with Crippen LogP contribution in [0.3, 0.4) is 0 Å². The van der Waals surface area contributed by atoms with Crippen molar-refractivity contribution in [1.82, 2.24) is 10.2 Å². The van der Waals surface area contributed by atoms with Crippen molar-refractivity contribution in [3.05, 3.63) is 34.9 Å². The molecular formula is C17H26N2O2. The minimum absolute atomic E-state index is 0.0425. The molecule has 0 aliphatic heterocycles. The second-order valence-corrected chi connectivity index (χ2v) is 5.36. The molecule has 0 aliphatic rings. The first-order valence-corrected chi connectivity index (χ1v) is 7.52. The Morgan fingerprint density at radius 2 is 1.86 bits per heavy atom. The van der Waals surface area contributed by atoms with E-state index in [9.17, 15) is 9.59 Å². The van der Waals surface area contributed by atoms with Crippen molar-refractivity contribution in [2.45, 2.75) is 40.7 Å². The molecule has 4 nitrogen and oxygen atoms in total. The van der Waals surface area contributed by atoms with Crippen molar-refractivity contribution in [3.8, 4) is 0 Å². The molecule has 21 heavy (non-hydrogen) atoms. The third-order valence-corrected chi connectivity index (χ3v) is 3.85. The molecule has 0 radical (unpaired) electrons.